The highest BCUT2D eigenvalue weighted by Crippen LogP contribution is 2.42. The molecule has 3 aromatic heterocycles. The van der Waals surface area contributed by atoms with Gasteiger partial charge in [-0.2, -0.15) is 5.10 Å². The number of piperidine rings is 1. The zero-order valence-electron chi connectivity index (χ0n) is 14.7. The molecule has 2 saturated heterocycles. The van der Waals surface area contributed by atoms with Gasteiger partial charge in [-0.1, -0.05) is 11.3 Å². The van der Waals surface area contributed by atoms with E-state index in [2.05, 4.69) is 19.7 Å². The molecule has 0 aromatic carbocycles. The third-order valence-electron chi connectivity index (χ3n) is 5.65. The first kappa shape index (κ1) is 15.8. The normalized spacial score (nSPS) is 25.0. The highest BCUT2D eigenvalue weighted by atomic mass is 32.1. The average Bonchev–Trinajstić information content (AvgIpc) is 3.41. The van der Waals surface area contributed by atoms with Gasteiger partial charge in [0.1, 0.15) is 4.88 Å². The lowest BCUT2D eigenvalue weighted by Crippen LogP contribution is -2.47. The molecule has 0 radical (unpaired) electrons. The summed E-state index contributed by atoms with van der Waals surface area (Å²) in [5, 5.41) is 5.27. The molecule has 134 valence electrons. The number of hydrogen-bond acceptors (Lipinski definition) is 4. The van der Waals surface area contributed by atoms with Crippen LogP contribution in [0.2, 0.25) is 0 Å². The van der Waals surface area contributed by atoms with E-state index in [1.165, 1.54) is 11.3 Å². The highest BCUT2D eigenvalue weighted by Gasteiger charge is 2.44. The predicted molar refractivity (Wildman–Crippen MR) is 99.7 cm³/mol. The lowest BCUT2D eigenvalue weighted by Gasteiger charge is -2.38. The van der Waals surface area contributed by atoms with E-state index in [4.69, 9.17) is 0 Å². The molecule has 2 bridgehead atoms. The number of thiazole rings is 1. The van der Waals surface area contributed by atoms with Gasteiger partial charge in [-0.3, -0.25) is 9.48 Å². The Balaban J connectivity index is 1.40. The maximum Gasteiger partial charge on any atom is 0.266 e. The van der Waals surface area contributed by atoms with E-state index in [0.717, 1.165) is 41.4 Å². The number of amides is 1. The van der Waals surface area contributed by atoms with Gasteiger partial charge in [0.2, 0.25) is 0 Å². The van der Waals surface area contributed by atoms with Gasteiger partial charge in [0.05, 0.1) is 11.7 Å². The quantitative estimate of drug-likeness (QED) is 0.712. The molecule has 0 N–H and O–H groups in total. The number of rotatable bonds is 3. The van der Waals surface area contributed by atoms with Crippen LogP contribution in [0, 0.1) is 6.92 Å². The number of aryl methyl sites for hydroxylation is 1. The molecular formula is C19H21N5OS. The molecule has 6 nitrogen and oxygen atoms in total. The fraction of sp³-hybridized carbons (Fsp3) is 0.421. The Kier molecular flexibility index (Phi) is 3.70. The first-order chi connectivity index (χ1) is 12.7. The maximum atomic E-state index is 13.3. The van der Waals surface area contributed by atoms with Gasteiger partial charge in [0.25, 0.3) is 5.91 Å². The van der Waals surface area contributed by atoms with E-state index in [-0.39, 0.29) is 5.91 Å². The molecule has 2 fully saturated rings. The summed E-state index contributed by atoms with van der Waals surface area (Å²) in [5.41, 5.74) is 0.831. The van der Waals surface area contributed by atoms with Crippen molar-refractivity contribution in [2.24, 2.45) is 0 Å². The highest BCUT2D eigenvalue weighted by molar-refractivity contribution is 7.16. The van der Waals surface area contributed by atoms with Crippen LogP contribution in [-0.4, -0.2) is 42.2 Å². The summed E-state index contributed by atoms with van der Waals surface area (Å²) in [6, 6.07) is 6.95. The van der Waals surface area contributed by atoms with Gasteiger partial charge in [-0.15, -0.1) is 0 Å². The minimum Gasteiger partial charge on any atom is -0.332 e. The van der Waals surface area contributed by atoms with E-state index in [9.17, 15) is 4.79 Å². The summed E-state index contributed by atoms with van der Waals surface area (Å²) < 4.78 is 4.03. The Morgan fingerprint density at radius 1 is 1.08 bits per heavy atom. The summed E-state index contributed by atoms with van der Waals surface area (Å²) in [6.07, 6.45) is 12.0. The van der Waals surface area contributed by atoms with Crippen molar-refractivity contribution in [2.45, 2.75) is 50.7 Å². The molecule has 2 atom stereocenters. The van der Waals surface area contributed by atoms with Crippen molar-refractivity contribution in [1.29, 1.82) is 0 Å². The Labute approximate surface area is 156 Å². The third-order valence-corrected chi connectivity index (χ3v) is 6.81. The van der Waals surface area contributed by atoms with Crippen LogP contribution in [-0.2, 0) is 0 Å². The second kappa shape index (κ2) is 6.09. The van der Waals surface area contributed by atoms with Crippen LogP contribution in [0.1, 0.15) is 47.1 Å². The molecular weight excluding hydrogens is 346 g/mol. The van der Waals surface area contributed by atoms with Crippen LogP contribution in [0.5, 0.6) is 0 Å². The van der Waals surface area contributed by atoms with E-state index in [1.807, 2.05) is 54.5 Å². The SMILES string of the molecule is Cc1nc(-n2cccc2)sc1C(=O)N1C2CCC1CC(n1cccn1)C2. The van der Waals surface area contributed by atoms with Crippen molar-refractivity contribution >= 4 is 17.2 Å². The Bertz CT molecular complexity index is 900. The van der Waals surface area contributed by atoms with Crippen LogP contribution in [0.3, 0.4) is 0 Å². The summed E-state index contributed by atoms with van der Waals surface area (Å²) in [7, 11) is 0. The van der Waals surface area contributed by atoms with Gasteiger partial charge in [-0.05, 0) is 50.8 Å². The molecule has 7 heteroatoms. The van der Waals surface area contributed by atoms with E-state index >= 15 is 0 Å². The van der Waals surface area contributed by atoms with Crippen molar-refractivity contribution in [3.05, 3.63) is 53.6 Å². The molecule has 0 spiro atoms. The monoisotopic (exact) mass is 367 g/mol. The second-order valence-electron chi connectivity index (χ2n) is 7.21. The molecule has 2 aliphatic heterocycles. The second-order valence-corrected chi connectivity index (χ2v) is 8.19. The summed E-state index contributed by atoms with van der Waals surface area (Å²) in [5.74, 6) is 0.157. The minimum absolute atomic E-state index is 0.157. The average molecular weight is 367 g/mol. The van der Waals surface area contributed by atoms with Gasteiger partial charge in [-0.25, -0.2) is 4.98 Å². The first-order valence-corrected chi connectivity index (χ1v) is 9.95. The van der Waals surface area contributed by atoms with Crippen LogP contribution in [0.25, 0.3) is 5.13 Å². The third kappa shape index (κ3) is 2.49. The van der Waals surface area contributed by atoms with Crippen LogP contribution < -0.4 is 0 Å². The molecule has 3 aromatic rings. The Hall–Kier alpha value is -2.41. The molecule has 5 rings (SSSR count). The van der Waals surface area contributed by atoms with Crippen molar-refractivity contribution in [1.82, 2.24) is 24.2 Å². The molecule has 2 unspecified atom stereocenters. The fourth-order valence-electron chi connectivity index (χ4n) is 4.46. The molecule has 1 amide bonds. The lowest BCUT2D eigenvalue weighted by atomic mass is 9.97. The summed E-state index contributed by atoms with van der Waals surface area (Å²) >= 11 is 1.49. The zero-order valence-corrected chi connectivity index (χ0v) is 15.5. The van der Waals surface area contributed by atoms with E-state index in [0.29, 0.717) is 18.1 Å². The van der Waals surface area contributed by atoms with Crippen molar-refractivity contribution in [2.75, 3.05) is 0 Å². The molecule has 0 aliphatic carbocycles. The van der Waals surface area contributed by atoms with Gasteiger partial charge in [0.15, 0.2) is 5.13 Å². The smallest absolute Gasteiger partial charge is 0.266 e. The van der Waals surface area contributed by atoms with Crippen molar-refractivity contribution in [3.8, 4) is 5.13 Å². The zero-order chi connectivity index (χ0) is 17.7. The van der Waals surface area contributed by atoms with Gasteiger partial charge < -0.3 is 9.47 Å². The van der Waals surface area contributed by atoms with Crippen LogP contribution in [0.15, 0.2) is 43.0 Å². The van der Waals surface area contributed by atoms with Gasteiger partial charge >= 0.3 is 0 Å². The summed E-state index contributed by atoms with van der Waals surface area (Å²) in [6.45, 7) is 1.94. The van der Waals surface area contributed by atoms with Crippen molar-refractivity contribution in [3.63, 3.8) is 0 Å². The lowest BCUT2D eigenvalue weighted by molar-refractivity contribution is 0.0528. The Morgan fingerprint density at radius 2 is 1.81 bits per heavy atom. The predicted octanol–water partition coefficient (Wildman–Crippen LogP) is 3.45. The first-order valence-electron chi connectivity index (χ1n) is 9.13. The van der Waals surface area contributed by atoms with E-state index in [1.54, 1.807) is 0 Å². The number of aromatic nitrogens is 4. The molecule has 26 heavy (non-hydrogen) atoms. The largest absolute Gasteiger partial charge is 0.332 e. The number of hydrogen-bond donors (Lipinski definition) is 0. The molecule has 2 aliphatic rings. The Morgan fingerprint density at radius 3 is 2.46 bits per heavy atom. The topological polar surface area (TPSA) is 56.0 Å². The molecule has 5 heterocycles. The maximum absolute atomic E-state index is 13.3. The minimum atomic E-state index is 0.157. The number of fused-ring (bicyclic) bond motifs is 2. The van der Waals surface area contributed by atoms with E-state index < -0.39 is 0 Å². The fourth-order valence-corrected chi connectivity index (χ4v) is 5.44. The summed E-state index contributed by atoms with van der Waals surface area (Å²) in [4.78, 5) is 20.9. The number of carbonyl (C=O) groups excluding carboxylic acids is 1. The number of nitrogens with zero attached hydrogens (tertiary/aromatic N) is 5. The number of carbonyl (C=O) groups is 1. The standard InChI is InChI=1S/C19H21N5OS/c1-13-17(26-19(21-13)22-8-2-3-9-22)18(25)24-14-5-6-15(24)12-16(11-14)23-10-4-7-20-23/h2-4,7-10,14-16H,5-6,11-12H2,1H3. The van der Waals surface area contributed by atoms with Gasteiger partial charge in [0, 0.05) is 36.9 Å². The van der Waals surface area contributed by atoms with Crippen LogP contribution in [0.4, 0.5) is 0 Å². The molecule has 0 saturated carbocycles. The van der Waals surface area contributed by atoms with Crippen molar-refractivity contribution < 1.29 is 4.79 Å². The van der Waals surface area contributed by atoms with Crippen LogP contribution >= 0.6 is 11.3 Å².